The number of methoxy groups -OCH3 is 2. The first kappa shape index (κ1) is 25.7. The first-order valence-electron chi connectivity index (χ1n) is 12.0. The normalized spacial score (nSPS) is 13.1. The summed E-state index contributed by atoms with van der Waals surface area (Å²) >= 11 is 3.18. The van der Waals surface area contributed by atoms with E-state index in [1.54, 1.807) is 29.8 Å². The second kappa shape index (κ2) is 11.6. The SMILES string of the molecule is COCCNCCC(=O)Nc1sc2c(c1-c1nc3ccc(-c4cc(F)cnc4OC)cc3s1)CCNC2. The summed E-state index contributed by atoms with van der Waals surface area (Å²) in [5, 5.41) is 11.5. The quantitative estimate of drug-likeness (QED) is 0.255. The summed E-state index contributed by atoms with van der Waals surface area (Å²) in [7, 11) is 3.18. The van der Waals surface area contributed by atoms with Gasteiger partial charge in [0.25, 0.3) is 0 Å². The molecule has 0 bridgehead atoms. The van der Waals surface area contributed by atoms with Crippen molar-refractivity contribution in [2.24, 2.45) is 0 Å². The van der Waals surface area contributed by atoms with Crippen LogP contribution in [0.5, 0.6) is 5.88 Å². The molecule has 0 radical (unpaired) electrons. The maximum absolute atomic E-state index is 13.9. The lowest BCUT2D eigenvalue weighted by molar-refractivity contribution is -0.116. The number of benzene rings is 1. The van der Waals surface area contributed by atoms with Gasteiger partial charge in [-0.05, 0) is 42.3 Å². The molecule has 0 unspecified atom stereocenters. The highest BCUT2D eigenvalue weighted by atomic mass is 32.1. The molecule has 37 heavy (non-hydrogen) atoms. The number of carbonyl (C=O) groups is 1. The van der Waals surface area contributed by atoms with E-state index in [4.69, 9.17) is 14.5 Å². The second-order valence-corrected chi connectivity index (χ2v) is 10.7. The third-order valence-electron chi connectivity index (χ3n) is 6.12. The van der Waals surface area contributed by atoms with Crippen molar-refractivity contribution in [3.05, 3.63) is 46.7 Å². The summed E-state index contributed by atoms with van der Waals surface area (Å²) in [5.74, 6) is -0.0906. The molecule has 0 atom stereocenters. The Morgan fingerprint density at radius 2 is 2.11 bits per heavy atom. The molecule has 8 nitrogen and oxygen atoms in total. The van der Waals surface area contributed by atoms with Crippen molar-refractivity contribution in [1.82, 2.24) is 20.6 Å². The van der Waals surface area contributed by atoms with Gasteiger partial charge in [0.05, 0.1) is 30.1 Å². The first-order valence-corrected chi connectivity index (χ1v) is 13.7. The Balaban J connectivity index is 1.46. The highest BCUT2D eigenvalue weighted by Gasteiger charge is 2.25. The fourth-order valence-electron chi connectivity index (χ4n) is 4.33. The van der Waals surface area contributed by atoms with Crippen molar-refractivity contribution in [3.63, 3.8) is 0 Å². The fraction of sp³-hybridized carbons (Fsp3) is 0.346. The van der Waals surface area contributed by atoms with Crippen molar-refractivity contribution < 1.29 is 18.7 Å². The van der Waals surface area contributed by atoms with E-state index in [0.717, 1.165) is 57.1 Å². The molecule has 4 heterocycles. The Kier molecular flexibility index (Phi) is 8.06. The third-order valence-corrected chi connectivity index (χ3v) is 8.30. The van der Waals surface area contributed by atoms with Crippen molar-refractivity contribution in [2.45, 2.75) is 19.4 Å². The van der Waals surface area contributed by atoms with Gasteiger partial charge in [0.15, 0.2) is 0 Å². The van der Waals surface area contributed by atoms with Crippen LogP contribution in [0.1, 0.15) is 16.9 Å². The molecule has 1 aliphatic heterocycles. The summed E-state index contributed by atoms with van der Waals surface area (Å²) in [4.78, 5) is 23.0. The van der Waals surface area contributed by atoms with Gasteiger partial charge in [-0.1, -0.05) is 6.07 Å². The molecule has 1 aliphatic rings. The van der Waals surface area contributed by atoms with Crippen LogP contribution in [-0.2, 0) is 22.5 Å². The highest BCUT2D eigenvalue weighted by molar-refractivity contribution is 7.23. The molecular weight excluding hydrogens is 513 g/mol. The van der Waals surface area contributed by atoms with Crippen LogP contribution < -0.4 is 20.7 Å². The molecule has 0 saturated carbocycles. The van der Waals surface area contributed by atoms with Gasteiger partial charge >= 0.3 is 0 Å². The zero-order valence-electron chi connectivity index (χ0n) is 20.7. The standard InChI is InChI=1S/C26H28FN5O3S2/c1-34-10-9-28-8-6-22(33)32-26-23(17-5-7-29-14-21(17)37-26)25-31-19-4-3-15(11-20(19)36-25)18-12-16(27)13-30-24(18)35-2/h3-4,11-13,28-29H,5-10,14H2,1-2H3,(H,32,33). The number of aromatic nitrogens is 2. The molecule has 3 aromatic heterocycles. The maximum Gasteiger partial charge on any atom is 0.226 e. The molecular formula is C26H28FN5O3S2. The lowest BCUT2D eigenvalue weighted by Crippen LogP contribution is -2.24. The minimum absolute atomic E-state index is 0.0354. The maximum atomic E-state index is 13.9. The van der Waals surface area contributed by atoms with E-state index in [0.29, 0.717) is 37.6 Å². The second-order valence-electron chi connectivity index (χ2n) is 8.59. The Hall–Kier alpha value is -2.96. The molecule has 5 rings (SSSR count). The van der Waals surface area contributed by atoms with E-state index in [-0.39, 0.29) is 5.91 Å². The van der Waals surface area contributed by atoms with Crippen molar-refractivity contribution >= 4 is 43.8 Å². The number of hydrogen-bond donors (Lipinski definition) is 3. The van der Waals surface area contributed by atoms with Crippen molar-refractivity contribution in [2.75, 3.05) is 45.8 Å². The highest BCUT2D eigenvalue weighted by Crippen LogP contribution is 2.45. The van der Waals surface area contributed by atoms with Crippen LogP contribution in [0.15, 0.2) is 30.5 Å². The number of thiophene rings is 1. The minimum atomic E-state index is -0.423. The molecule has 194 valence electrons. The van der Waals surface area contributed by atoms with Crippen LogP contribution >= 0.6 is 22.7 Å². The number of anilines is 1. The predicted octanol–water partition coefficient (Wildman–Crippen LogP) is 4.44. The van der Waals surface area contributed by atoms with E-state index in [2.05, 4.69) is 20.9 Å². The smallest absolute Gasteiger partial charge is 0.226 e. The average molecular weight is 542 g/mol. The van der Waals surface area contributed by atoms with Crippen LogP contribution in [0.2, 0.25) is 0 Å². The van der Waals surface area contributed by atoms with Gasteiger partial charge in [-0.2, -0.15) is 0 Å². The molecule has 0 aliphatic carbocycles. The number of hydrogen-bond acceptors (Lipinski definition) is 9. The number of pyridine rings is 1. The predicted molar refractivity (Wildman–Crippen MR) is 146 cm³/mol. The first-order chi connectivity index (χ1) is 18.1. The minimum Gasteiger partial charge on any atom is -0.481 e. The van der Waals surface area contributed by atoms with Crippen LogP contribution in [0.3, 0.4) is 0 Å². The van der Waals surface area contributed by atoms with Gasteiger partial charge in [0, 0.05) is 49.2 Å². The molecule has 1 aromatic carbocycles. The zero-order chi connectivity index (χ0) is 25.8. The molecule has 0 spiro atoms. The Morgan fingerprint density at radius 3 is 2.95 bits per heavy atom. The summed E-state index contributed by atoms with van der Waals surface area (Å²) in [6.07, 6.45) is 2.39. The molecule has 11 heteroatoms. The van der Waals surface area contributed by atoms with Gasteiger partial charge in [-0.25, -0.2) is 14.4 Å². The van der Waals surface area contributed by atoms with Crippen LogP contribution in [-0.4, -0.2) is 56.3 Å². The summed E-state index contributed by atoms with van der Waals surface area (Å²) < 4.78 is 25.3. The Morgan fingerprint density at radius 1 is 1.22 bits per heavy atom. The van der Waals surface area contributed by atoms with E-state index in [9.17, 15) is 9.18 Å². The van der Waals surface area contributed by atoms with Gasteiger partial charge in [-0.3, -0.25) is 4.79 Å². The molecule has 0 fully saturated rings. The topological polar surface area (TPSA) is 97.4 Å². The number of fused-ring (bicyclic) bond motifs is 2. The van der Waals surface area contributed by atoms with E-state index in [1.165, 1.54) is 23.6 Å². The molecule has 4 aromatic rings. The van der Waals surface area contributed by atoms with E-state index >= 15 is 0 Å². The Labute approximate surface area is 222 Å². The molecule has 1 amide bonds. The molecule has 0 saturated heterocycles. The number of halogens is 1. The number of amides is 1. The number of nitrogens with zero attached hydrogens (tertiary/aromatic N) is 2. The molecule has 3 N–H and O–H groups in total. The lowest BCUT2D eigenvalue weighted by Gasteiger charge is -2.13. The third kappa shape index (κ3) is 5.65. The van der Waals surface area contributed by atoms with Gasteiger partial charge in [0.1, 0.15) is 15.8 Å². The summed E-state index contributed by atoms with van der Waals surface area (Å²) in [6.45, 7) is 3.56. The number of nitrogens with one attached hydrogen (secondary N) is 3. The lowest BCUT2D eigenvalue weighted by atomic mass is 10.0. The van der Waals surface area contributed by atoms with Gasteiger partial charge in [-0.15, -0.1) is 22.7 Å². The number of rotatable bonds is 10. The summed E-state index contributed by atoms with van der Waals surface area (Å²) in [5.41, 5.74) is 4.49. The van der Waals surface area contributed by atoms with Crippen LogP contribution in [0, 0.1) is 5.82 Å². The average Bonchev–Trinajstić information content (AvgIpc) is 3.48. The largest absolute Gasteiger partial charge is 0.481 e. The zero-order valence-corrected chi connectivity index (χ0v) is 22.3. The Bertz CT molecular complexity index is 1420. The van der Waals surface area contributed by atoms with Crippen LogP contribution in [0.25, 0.3) is 31.9 Å². The number of carbonyl (C=O) groups excluding carboxylic acids is 1. The van der Waals surface area contributed by atoms with Crippen LogP contribution in [0.4, 0.5) is 9.39 Å². The van der Waals surface area contributed by atoms with E-state index < -0.39 is 5.82 Å². The van der Waals surface area contributed by atoms with Crippen molar-refractivity contribution in [1.29, 1.82) is 0 Å². The van der Waals surface area contributed by atoms with Gasteiger partial charge < -0.3 is 25.4 Å². The number of thiazole rings is 1. The monoisotopic (exact) mass is 541 g/mol. The van der Waals surface area contributed by atoms with E-state index in [1.807, 2.05) is 18.2 Å². The van der Waals surface area contributed by atoms with Crippen molar-refractivity contribution in [3.8, 4) is 27.6 Å². The summed E-state index contributed by atoms with van der Waals surface area (Å²) in [6, 6.07) is 7.24. The van der Waals surface area contributed by atoms with Gasteiger partial charge in [0.2, 0.25) is 11.8 Å². The number of ether oxygens (including phenoxy) is 2. The fourth-order valence-corrected chi connectivity index (χ4v) is 6.72.